The van der Waals surface area contributed by atoms with E-state index >= 15 is 0 Å². The molecule has 5 nitrogen and oxygen atoms in total. The lowest BCUT2D eigenvalue weighted by molar-refractivity contribution is 0.0718. The number of nitrogens with zero attached hydrogens (tertiary/aromatic N) is 2. The number of benzene rings is 2. The lowest BCUT2D eigenvalue weighted by Gasteiger charge is -2.33. The molecule has 2 N–H and O–H groups in total. The molecule has 3 atom stereocenters. The zero-order valence-electron chi connectivity index (χ0n) is 17.1. The number of nitrogens with one attached hydrogen (secondary N) is 1. The van der Waals surface area contributed by atoms with Gasteiger partial charge in [-0.15, -0.1) is 0 Å². The lowest BCUT2D eigenvalue weighted by Crippen LogP contribution is -2.47. The molecule has 0 radical (unpaired) electrons. The number of aliphatic hydroxyl groups is 1. The van der Waals surface area contributed by atoms with Crippen LogP contribution in [0.4, 0.5) is 0 Å². The summed E-state index contributed by atoms with van der Waals surface area (Å²) in [5.74, 6) is -0.0296. The van der Waals surface area contributed by atoms with Crippen molar-refractivity contribution in [3.63, 3.8) is 0 Å². The van der Waals surface area contributed by atoms with Crippen molar-refractivity contribution in [2.24, 2.45) is 0 Å². The van der Waals surface area contributed by atoms with Crippen LogP contribution in [-0.4, -0.2) is 65.7 Å². The van der Waals surface area contributed by atoms with Crippen molar-refractivity contribution in [1.29, 1.82) is 0 Å². The number of likely N-dealkylation sites (N-methyl/N-ethyl adjacent to an activating group) is 1. The smallest absolute Gasteiger partial charge is 0.251 e. The molecule has 2 aromatic carbocycles. The number of fused-ring (bicyclic) bond motifs is 1. The first kappa shape index (κ1) is 20.1. The molecule has 29 heavy (non-hydrogen) atoms. The molecular weight excluding hydrogens is 362 g/mol. The summed E-state index contributed by atoms with van der Waals surface area (Å²) in [6.45, 7) is 3.51. The van der Waals surface area contributed by atoms with Crippen LogP contribution in [0.15, 0.2) is 54.6 Å². The first-order chi connectivity index (χ1) is 14.1. The van der Waals surface area contributed by atoms with E-state index in [2.05, 4.69) is 46.4 Å². The van der Waals surface area contributed by atoms with Crippen molar-refractivity contribution in [2.45, 2.75) is 44.0 Å². The lowest BCUT2D eigenvalue weighted by atomic mass is 9.98. The minimum absolute atomic E-state index is 0.0296. The Morgan fingerprint density at radius 2 is 1.83 bits per heavy atom. The first-order valence-electron chi connectivity index (χ1n) is 10.6. The van der Waals surface area contributed by atoms with Crippen LogP contribution in [0.5, 0.6) is 0 Å². The van der Waals surface area contributed by atoms with Gasteiger partial charge in [-0.25, -0.2) is 0 Å². The topological polar surface area (TPSA) is 55.8 Å². The van der Waals surface area contributed by atoms with Crippen LogP contribution in [0.3, 0.4) is 0 Å². The van der Waals surface area contributed by atoms with Gasteiger partial charge in [0.05, 0.1) is 6.10 Å². The Hall–Kier alpha value is -2.21. The van der Waals surface area contributed by atoms with Gasteiger partial charge in [0.2, 0.25) is 0 Å². The van der Waals surface area contributed by atoms with Crippen LogP contribution in [0.1, 0.15) is 34.3 Å². The van der Waals surface area contributed by atoms with Crippen LogP contribution in [0.25, 0.3) is 0 Å². The fraction of sp³-hybridized carbons (Fsp3) is 0.458. The highest BCUT2D eigenvalue weighted by Crippen LogP contribution is 2.23. The van der Waals surface area contributed by atoms with Gasteiger partial charge in [0.15, 0.2) is 0 Å². The normalized spacial score (nSPS) is 23.5. The van der Waals surface area contributed by atoms with Gasteiger partial charge >= 0.3 is 0 Å². The minimum Gasteiger partial charge on any atom is -0.392 e. The second-order valence-electron chi connectivity index (χ2n) is 8.43. The van der Waals surface area contributed by atoms with Crippen LogP contribution in [-0.2, 0) is 13.0 Å². The first-order valence-corrected chi connectivity index (χ1v) is 10.6. The Morgan fingerprint density at radius 3 is 2.62 bits per heavy atom. The highest BCUT2D eigenvalue weighted by atomic mass is 16.3. The van der Waals surface area contributed by atoms with E-state index in [9.17, 15) is 9.90 Å². The molecule has 2 heterocycles. The maximum atomic E-state index is 12.6. The number of aliphatic hydroxyl groups excluding tert-OH is 1. The minimum atomic E-state index is -0.401. The van der Waals surface area contributed by atoms with E-state index in [1.54, 1.807) is 0 Å². The molecule has 1 saturated heterocycles. The number of carbonyl (C=O) groups excluding carboxylic acids is 1. The summed E-state index contributed by atoms with van der Waals surface area (Å²) in [5, 5.41) is 14.0. The quantitative estimate of drug-likeness (QED) is 0.791. The zero-order chi connectivity index (χ0) is 20.2. The van der Waals surface area contributed by atoms with Crippen molar-refractivity contribution in [2.75, 3.05) is 26.7 Å². The largest absolute Gasteiger partial charge is 0.392 e. The Labute approximate surface area is 173 Å². The second kappa shape index (κ2) is 9.08. The van der Waals surface area contributed by atoms with Crippen molar-refractivity contribution in [1.82, 2.24) is 15.1 Å². The molecule has 0 saturated carbocycles. The molecule has 0 bridgehead atoms. The van der Waals surface area contributed by atoms with Gasteiger partial charge in [-0.3, -0.25) is 9.69 Å². The molecule has 0 spiro atoms. The standard InChI is InChI=1S/C24H31N3O2/c1-26-13-12-22(25-24(29)19-8-3-2-4-9-19)23(26)15-21(28)17-27-14-11-18-7-5-6-10-20(18)16-27/h2-10,21-23,28H,11-17H2,1H3,(H,25,29). The molecule has 2 aliphatic heterocycles. The van der Waals surface area contributed by atoms with Crippen LogP contribution in [0.2, 0.25) is 0 Å². The summed E-state index contributed by atoms with van der Waals surface area (Å²) < 4.78 is 0. The van der Waals surface area contributed by atoms with E-state index in [1.165, 1.54) is 11.1 Å². The molecule has 2 aliphatic rings. The van der Waals surface area contributed by atoms with Gasteiger partial charge in [0.1, 0.15) is 0 Å². The summed E-state index contributed by atoms with van der Waals surface area (Å²) in [4.78, 5) is 17.2. The molecule has 154 valence electrons. The highest BCUT2D eigenvalue weighted by molar-refractivity contribution is 5.94. The maximum Gasteiger partial charge on any atom is 0.251 e. The van der Waals surface area contributed by atoms with Crippen LogP contribution < -0.4 is 5.32 Å². The number of likely N-dealkylation sites (tertiary alicyclic amines) is 1. The molecule has 2 aromatic rings. The van der Waals surface area contributed by atoms with E-state index < -0.39 is 6.10 Å². The predicted octanol–water partition coefficient (Wildman–Crippen LogP) is 2.30. The van der Waals surface area contributed by atoms with Crippen molar-refractivity contribution in [3.05, 3.63) is 71.3 Å². The average Bonchev–Trinajstić information content (AvgIpc) is 3.07. The van der Waals surface area contributed by atoms with Crippen molar-refractivity contribution >= 4 is 5.91 Å². The van der Waals surface area contributed by atoms with E-state index in [4.69, 9.17) is 0 Å². The van der Waals surface area contributed by atoms with E-state index in [0.29, 0.717) is 18.5 Å². The average molecular weight is 394 g/mol. The van der Waals surface area contributed by atoms with Gasteiger partial charge < -0.3 is 15.3 Å². The number of carbonyl (C=O) groups is 1. The number of hydrogen-bond acceptors (Lipinski definition) is 4. The van der Waals surface area contributed by atoms with Gasteiger partial charge in [0, 0.05) is 43.8 Å². The summed E-state index contributed by atoms with van der Waals surface area (Å²) in [6.07, 6.45) is 2.24. The Kier molecular flexibility index (Phi) is 6.28. The second-order valence-corrected chi connectivity index (χ2v) is 8.43. The summed E-state index contributed by atoms with van der Waals surface area (Å²) in [7, 11) is 2.09. The van der Waals surface area contributed by atoms with Crippen molar-refractivity contribution < 1.29 is 9.90 Å². The number of rotatable bonds is 6. The predicted molar refractivity (Wildman–Crippen MR) is 115 cm³/mol. The van der Waals surface area contributed by atoms with E-state index in [-0.39, 0.29) is 18.0 Å². The summed E-state index contributed by atoms with van der Waals surface area (Å²) in [6, 6.07) is 18.2. The van der Waals surface area contributed by atoms with Gasteiger partial charge in [-0.05, 0) is 49.6 Å². The zero-order valence-corrected chi connectivity index (χ0v) is 17.1. The summed E-state index contributed by atoms with van der Waals surface area (Å²) in [5.41, 5.74) is 3.49. The van der Waals surface area contributed by atoms with Crippen molar-refractivity contribution in [3.8, 4) is 0 Å². The van der Waals surface area contributed by atoms with E-state index in [1.807, 2.05) is 30.3 Å². The molecule has 0 aromatic heterocycles. The van der Waals surface area contributed by atoms with Gasteiger partial charge in [-0.2, -0.15) is 0 Å². The molecule has 1 fully saturated rings. The van der Waals surface area contributed by atoms with Gasteiger partial charge in [-0.1, -0.05) is 42.5 Å². The fourth-order valence-corrected chi connectivity index (χ4v) is 4.72. The third-order valence-electron chi connectivity index (χ3n) is 6.37. The van der Waals surface area contributed by atoms with Gasteiger partial charge in [0.25, 0.3) is 5.91 Å². The third kappa shape index (κ3) is 4.86. The molecule has 4 rings (SSSR count). The molecule has 1 amide bonds. The SMILES string of the molecule is CN1CCC(NC(=O)c2ccccc2)C1CC(O)CN1CCc2ccccc2C1. The number of hydrogen-bond donors (Lipinski definition) is 2. The molecular formula is C24H31N3O2. The number of amides is 1. The maximum absolute atomic E-state index is 12.6. The third-order valence-corrected chi connectivity index (χ3v) is 6.37. The fourth-order valence-electron chi connectivity index (χ4n) is 4.72. The molecule has 5 heteroatoms. The highest BCUT2D eigenvalue weighted by Gasteiger charge is 2.34. The van der Waals surface area contributed by atoms with Crippen LogP contribution >= 0.6 is 0 Å². The van der Waals surface area contributed by atoms with Crippen LogP contribution in [0, 0.1) is 0 Å². The Balaban J connectivity index is 1.33. The Morgan fingerprint density at radius 1 is 1.10 bits per heavy atom. The monoisotopic (exact) mass is 393 g/mol. The summed E-state index contributed by atoms with van der Waals surface area (Å²) >= 11 is 0. The molecule has 0 aliphatic carbocycles. The molecule has 3 unspecified atom stereocenters. The van der Waals surface area contributed by atoms with E-state index in [0.717, 1.165) is 32.5 Å². The number of β-amino-alcohol motifs (C(OH)–C–C–N with tert-alkyl or cyclic N) is 1. The Bertz CT molecular complexity index is 826.